The lowest BCUT2D eigenvalue weighted by molar-refractivity contribution is -0.110. The molecule has 0 unspecified atom stereocenters. The average molecular weight is 520 g/mol. The van der Waals surface area contributed by atoms with E-state index < -0.39 is 10.0 Å². The third-order valence-corrected chi connectivity index (χ3v) is 6.91. The second kappa shape index (κ2) is 10.7. The van der Waals surface area contributed by atoms with Crippen molar-refractivity contribution in [2.24, 2.45) is 4.99 Å². The maximum atomic E-state index is 13.3. The predicted molar refractivity (Wildman–Crippen MR) is 145 cm³/mol. The van der Waals surface area contributed by atoms with Crippen molar-refractivity contribution in [1.29, 1.82) is 0 Å². The fourth-order valence-corrected chi connectivity index (χ4v) is 5.06. The smallest absolute Gasteiger partial charge is 0.274 e. The maximum absolute atomic E-state index is 13.3. The highest BCUT2D eigenvalue weighted by Gasteiger charge is 2.21. The molecule has 1 fully saturated rings. The van der Waals surface area contributed by atoms with Crippen LogP contribution in [0.15, 0.2) is 60.0 Å². The molecule has 192 valence electrons. The monoisotopic (exact) mass is 519 g/mol. The molecular formula is C26H29N7O3S. The normalized spacial score (nSPS) is 15.8. The number of carbonyl (C=O) groups is 1. The molecule has 37 heavy (non-hydrogen) atoms. The van der Waals surface area contributed by atoms with E-state index in [0.29, 0.717) is 24.6 Å². The molecule has 2 aliphatic heterocycles. The molecular weight excluding hydrogens is 490 g/mol. The lowest BCUT2D eigenvalue weighted by Gasteiger charge is -2.28. The average Bonchev–Trinajstić information content (AvgIpc) is 3.12. The van der Waals surface area contributed by atoms with E-state index in [-0.39, 0.29) is 11.7 Å². The molecule has 1 amide bonds. The minimum atomic E-state index is -3.44. The lowest BCUT2D eigenvalue weighted by atomic mass is 9.96. The Morgan fingerprint density at radius 1 is 1.00 bits per heavy atom. The van der Waals surface area contributed by atoms with E-state index >= 15 is 0 Å². The number of pyridine rings is 2. The highest BCUT2D eigenvalue weighted by atomic mass is 32.2. The Morgan fingerprint density at radius 3 is 2.59 bits per heavy atom. The van der Waals surface area contributed by atoms with E-state index in [1.165, 1.54) is 31.5 Å². The van der Waals surface area contributed by atoms with Gasteiger partial charge < -0.3 is 10.2 Å². The topological polar surface area (TPSA) is 129 Å². The number of fused-ring (bicyclic) bond motifs is 1. The number of aliphatic imine (C=N–C) groups is 1. The predicted octanol–water partition coefficient (Wildman–Crippen LogP) is 2.99. The van der Waals surface area contributed by atoms with Crippen molar-refractivity contribution in [3.05, 3.63) is 66.1 Å². The zero-order chi connectivity index (χ0) is 25.8. The number of anilines is 3. The zero-order valence-corrected chi connectivity index (χ0v) is 21.4. The second-order valence-corrected chi connectivity index (χ2v) is 11.0. The summed E-state index contributed by atoms with van der Waals surface area (Å²) in [6.45, 7) is 2.99. The number of amides is 1. The minimum absolute atomic E-state index is 0.173. The van der Waals surface area contributed by atoms with Crippen LogP contribution >= 0.6 is 0 Å². The van der Waals surface area contributed by atoms with Crippen LogP contribution in [0.2, 0.25) is 0 Å². The van der Waals surface area contributed by atoms with Crippen molar-refractivity contribution in [3.63, 3.8) is 0 Å². The van der Waals surface area contributed by atoms with Gasteiger partial charge in [-0.15, -0.1) is 0 Å². The summed E-state index contributed by atoms with van der Waals surface area (Å²) in [5.74, 6) is -0.195. The quantitative estimate of drug-likeness (QED) is 0.457. The number of nitrogens with one attached hydrogen (secondary N) is 3. The Labute approximate surface area is 216 Å². The zero-order valence-electron chi connectivity index (χ0n) is 20.6. The van der Waals surface area contributed by atoms with Gasteiger partial charge in [-0.25, -0.2) is 13.4 Å². The third-order valence-electron chi connectivity index (χ3n) is 6.33. The van der Waals surface area contributed by atoms with E-state index in [1.54, 1.807) is 6.07 Å². The molecule has 10 nitrogen and oxygen atoms in total. The summed E-state index contributed by atoms with van der Waals surface area (Å²) in [5.41, 5.74) is 5.54. The molecule has 1 aromatic carbocycles. The number of sulfonamides is 1. The summed E-state index contributed by atoms with van der Waals surface area (Å²) in [6.07, 6.45) is 9.86. The van der Waals surface area contributed by atoms with Crippen molar-refractivity contribution in [2.75, 3.05) is 41.0 Å². The van der Waals surface area contributed by atoms with E-state index in [1.807, 2.05) is 24.5 Å². The van der Waals surface area contributed by atoms with Crippen LogP contribution in [0, 0.1) is 0 Å². The van der Waals surface area contributed by atoms with Gasteiger partial charge in [0.05, 0.1) is 36.7 Å². The van der Waals surface area contributed by atoms with Crippen molar-refractivity contribution in [1.82, 2.24) is 15.3 Å². The fourth-order valence-electron chi connectivity index (χ4n) is 4.55. The summed E-state index contributed by atoms with van der Waals surface area (Å²) in [4.78, 5) is 28.7. The Hall–Kier alpha value is -3.83. The van der Waals surface area contributed by atoms with Crippen LogP contribution in [0.1, 0.15) is 30.4 Å². The van der Waals surface area contributed by atoms with Crippen molar-refractivity contribution in [3.8, 4) is 11.1 Å². The van der Waals surface area contributed by atoms with Crippen LogP contribution in [-0.2, 0) is 21.4 Å². The Bertz CT molecular complexity index is 1430. The van der Waals surface area contributed by atoms with E-state index in [4.69, 9.17) is 0 Å². The molecule has 0 radical (unpaired) electrons. The number of rotatable bonds is 6. The lowest BCUT2D eigenvalue weighted by Crippen LogP contribution is -2.29. The van der Waals surface area contributed by atoms with Gasteiger partial charge in [0.1, 0.15) is 11.5 Å². The molecule has 1 saturated heterocycles. The van der Waals surface area contributed by atoms with E-state index in [9.17, 15) is 13.2 Å². The van der Waals surface area contributed by atoms with Gasteiger partial charge in [0.15, 0.2) is 0 Å². The molecule has 3 aromatic rings. The molecule has 2 aromatic heterocycles. The first kappa shape index (κ1) is 24.8. The van der Waals surface area contributed by atoms with Crippen LogP contribution < -0.4 is 20.3 Å². The number of benzene rings is 1. The molecule has 2 aliphatic rings. The summed E-state index contributed by atoms with van der Waals surface area (Å²) in [5, 5.41) is 6.05. The van der Waals surface area contributed by atoms with Crippen LogP contribution in [0.3, 0.4) is 0 Å². The minimum Gasteiger partial charge on any atom is -0.370 e. The van der Waals surface area contributed by atoms with Crippen LogP contribution in [0.4, 0.5) is 17.2 Å². The molecule has 3 N–H and O–H groups in total. The Morgan fingerprint density at radius 2 is 1.84 bits per heavy atom. The number of piperidine rings is 1. The molecule has 0 aliphatic carbocycles. The van der Waals surface area contributed by atoms with Gasteiger partial charge >= 0.3 is 0 Å². The van der Waals surface area contributed by atoms with Crippen molar-refractivity contribution >= 4 is 38.8 Å². The van der Waals surface area contributed by atoms with Gasteiger partial charge in [-0.05, 0) is 54.7 Å². The molecule has 5 rings (SSSR count). The number of aromatic nitrogens is 2. The first-order valence-corrected chi connectivity index (χ1v) is 14.1. The number of carbonyl (C=O) groups excluding carboxylic acids is 1. The number of nitrogens with zero attached hydrogens (tertiary/aromatic N) is 4. The second-order valence-electron chi connectivity index (χ2n) is 9.20. The Balaban J connectivity index is 1.39. The Kier molecular flexibility index (Phi) is 7.15. The fraction of sp³-hybridized carbons (Fsp3) is 0.308. The first-order valence-electron chi connectivity index (χ1n) is 12.2. The van der Waals surface area contributed by atoms with Crippen molar-refractivity contribution < 1.29 is 13.2 Å². The van der Waals surface area contributed by atoms with Crippen molar-refractivity contribution in [2.45, 2.75) is 25.8 Å². The SMILES string of the molecule is CS(=O)(=O)Nc1ccc(NC(=O)C2=NCNCc3ccc(-c4cncc(N5CCCCC5)c4)cc32)cn1. The standard InChI is InChI=1S/C26H29N7O3S/c1-37(35,36)32-24-8-7-21(15-29-24)31-26(34)25-23-12-18(5-6-19(23)13-28-17-30-25)20-11-22(16-27-14-20)33-9-3-2-4-10-33/h5-8,11-12,14-16,28H,2-4,9-10,13,17H2,1H3,(H,29,32)(H,31,34). The molecule has 0 bridgehead atoms. The highest BCUT2D eigenvalue weighted by Crippen LogP contribution is 2.28. The molecule has 0 spiro atoms. The highest BCUT2D eigenvalue weighted by molar-refractivity contribution is 7.92. The summed E-state index contributed by atoms with van der Waals surface area (Å²) < 4.78 is 25.1. The van der Waals surface area contributed by atoms with Gasteiger partial charge in [-0.2, -0.15) is 0 Å². The van der Waals surface area contributed by atoms with Gasteiger partial charge in [-0.1, -0.05) is 12.1 Å². The number of hydrogen-bond acceptors (Lipinski definition) is 8. The third kappa shape index (κ3) is 6.12. The van der Waals surface area contributed by atoms with Gasteiger partial charge in [-0.3, -0.25) is 24.8 Å². The van der Waals surface area contributed by atoms with Crippen LogP contribution in [0.5, 0.6) is 0 Å². The molecule has 0 saturated carbocycles. The van der Waals surface area contributed by atoms with E-state index in [2.05, 4.69) is 47.3 Å². The maximum Gasteiger partial charge on any atom is 0.274 e. The first-order chi connectivity index (χ1) is 17.9. The summed E-state index contributed by atoms with van der Waals surface area (Å²) in [6, 6.07) is 11.3. The largest absolute Gasteiger partial charge is 0.370 e. The van der Waals surface area contributed by atoms with Gasteiger partial charge in [0, 0.05) is 37.0 Å². The van der Waals surface area contributed by atoms with Crippen LogP contribution in [-0.4, -0.2) is 56.0 Å². The van der Waals surface area contributed by atoms with E-state index in [0.717, 1.165) is 47.3 Å². The van der Waals surface area contributed by atoms with Gasteiger partial charge in [0.2, 0.25) is 10.0 Å². The summed E-state index contributed by atoms with van der Waals surface area (Å²) >= 11 is 0. The number of hydrogen-bond donors (Lipinski definition) is 3. The van der Waals surface area contributed by atoms with Crippen LogP contribution in [0.25, 0.3) is 11.1 Å². The van der Waals surface area contributed by atoms with Gasteiger partial charge in [0.25, 0.3) is 5.91 Å². The molecule has 4 heterocycles. The summed E-state index contributed by atoms with van der Waals surface area (Å²) in [7, 11) is -3.44. The molecule has 11 heteroatoms. The molecule has 0 atom stereocenters.